The Balaban J connectivity index is 2.52. The van der Waals surface area contributed by atoms with Crippen LogP contribution in [-0.2, 0) is 6.54 Å². The average molecular weight is 163 g/mol. The fourth-order valence-electron chi connectivity index (χ4n) is 1.08. The van der Waals surface area contributed by atoms with Crippen LogP contribution in [0.15, 0.2) is 12.4 Å². The molecule has 1 rings (SSSR count). The molecule has 0 saturated carbocycles. The highest BCUT2D eigenvalue weighted by molar-refractivity contribution is 6.51. The molecule has 1 aromatic heterocycles. The normalized spacial score (nSPS) is 12.9. The lowest BCUT2D eigenvalue weighted by Crippen LogP contribution is -2.10. The third kappa shape index (κ3) is 2.40. The SMILES string of the molecule is C[B]c1cnn(CC(C)CC)c1. The van der Waals surface area contributed by atoms with Gasteiger partial charge >= 0.3 is 0 Å². The van der Waals surface area contributed by atoms with E-state index < -0.39 is 0 Å². The van der Waals surface area contributed by atoms with Crippen molar-refractivity contribution in [2.75, 3.05) is 0 Å². The molecule has 0 saturated heterocycles. The van der Waals surface area contributed by atoms with Crippen LogP contribution in [0.5, 0.6) is 0 Å². The van der Waals surface area contributed by atoms with Crippen molar-refractivity contribution in [3.63, 3.8) is 0 Å². The lowest BCUT2D eigenvalue weighted by atomic mass is 9.75. The van der Waals surface area contributed by atoms with Gasteiger partial charge in [-0.25, -0.2) is 0 Å². The molecule has 0 fully saturated rings. The van der Waals surface area contributed by atoms with Gasteiger partial charge in [-0.05, 0) is 5.92 Å². The summed E-state index contributed by atoms with van der Waals surface area (Å²) in [4.78, 5) is 0. The molecule has 0 N–H and O–H groups in total. The van der Waals surface area contributed by atoms with Gasteiger partial charge in [-0.15, -0.1) is 0 Å². The van der Waals surface area contributed by atoms with Crippen molar-refractivity contribution in [3.05, 3.63) is 12.4 Å². The second kappa shape index (κ2) is 4.34. The van der Waals surface area contributed by atoms with Gasteiger partial charge in [0, 0.05) is 18.9 Å². The second-order valence-corrected chi connectivity index (χ2v) is 3.30. The number of nitrogens with zero attached hydrogens (tertiary/aromatic N) is 2. The Morgan fingerprint density at radius 2 is 2.42 bits per heavy atom. The van der Waals surface area contributed by atoms with E-state index in [-0.39, 0.29) is 0 Å². The zero-order valence-corrected chi connectivity index (χ0v) is 8.12. The Kier molecular flexibility index (Phi) is 3.38. The second-order valence-electron chi connectivity index (χ2n) is 3.30. The molecule has 12 heavy (non-hydrogen) atoms. The zero-order chi connectivity index (χ0) is 8.97. The van der Waals surface area contributed by atoms with Crippen molar-refractivity contribution in [1.29, 1.82) is 0 Å². The predicted molar refractivity (Wildman–Crippen MR) is 52.9 cm³/mol. The zero-order valence-electron chi connectivity index (χ0n) is 8.12. The first-order chi connectivity index (χ1) is 5.76. The van der Waals surface area contributed by atoms with E-state index in [1.807, 2.05) is 17.7 Å². The summed E-state index contributed by atoms with van der Waals surface area (Å²) in [6.45, 7) is 7.52. The van der Waals surface area contributed by atoms with Crippen LogP contribution in [0.3, 0.4) is 0 Å². The molecule has 0 aliphatic rings. The summed E-state index contributed by atoms with van der Waals surface area (Å²) in [5, 5.41) is 4.26. The Bertz CT molecular complexity index is 232. The molecule has 1 unspecified atom stereocenters. The summed E-state index contributed by atoms with van der Waals surface area (Å²) in [5.74, 6) is 0.717. The molecule has 0 bridgehead atoms. The van der Waals surface area contributed by atoms with Crippen LogP contribution in [0, 0.1) is 5.92 Å². The van der Waals surface area contributed by atoms with Crippen molar-refractivity contribution in [3.8, 4) is 0 Å². The molecule has 2 nitrogen and oxygen atoms in total. The number of hydrogen-bond acceptors (Lipinski definition) is 1. The van der Waals surface area contributed by atoms with Gasteiger partial charge in [0.15, 0.2) is 7.28 Å². The smallest absolute Gasteiger partial charge is 0.152 e. The highest BCUT2D eigenvalue weighted by Gasteiger charge is 2.01. The van der Waals surface area contributed by atoms with Crippen LogP contribution in [0.4, 0.5) is 0 Å². The van der Waals surface area contributed by atoms with E-state index >= 15 is 0 Å². The van der Waals surface area contributed by atoms with Crippen molar-refractivity contribution in [1.82, 2.24) is 9.78 Å². The van der Waals surface area contributed by atoms with E-state index in [1.54, 1.807) is 0 Å². The van der Waals surface area contributed by atoms with Gasteiger partial charge in [0.2, 0.25) is 0 Å². The minimum absolute atomic E-state index is 0.717. The van der Waals surface area contributed by atoms with Gasteiger partial charge < -0.3 is 0 Å². The molecule has 0 spiro atoms. The summed E-state index contributed by atoms with van der Waals surface area (Å²) >= 11 is 0. The molecule has 0 aromatic carbocycles. The minimum Gasteiger partial charge on any atom is -0.273 e. The number of aromatic nitrogens is 2. The Morgan fingerprint density at radius 3 is 2.92 bits per heavy atom. The van der Waals surface area contributed by atoms with Gasteiger partial charge in [-0.1, -0.05) is 32.6 Å². The maximum absolute atomic E-state index is 4.26. The molecule has 1 radical (unpaired) electrons. The summed E-state index contributed by atoms with van der Waals surface area (Å²) < 4.78 is 2.02. The quantitative estimate of drug-likeness (QED) is 0.612. The Labute approximate surface area is 75.2 Å². The molecule has 0 aliphatic carbocycles. The van der Waals surface area contributed by atoms with E-state index in [0.29, 0.717) is 0 Å². The van der Waals surface area contributed by atoms with Gasteiger partial charge in [0.1, 0.15) is 0 Å². The standard InChI is InChI=1S/C9H16BN2/c1-4-8(2)6-12-7-9(10-3)5-11-12/h5,7-8H,4,6H2,1-3H3. The fourth-order valence-corrected chi connectivity index (χ4v) is 1.08. The maximum Gasteiger partial charge on any atom is 0.152 e. The predicted octanol–water partition coefficient (Wildman–Crippen LogP) is 1.31. The van der Waals surface area contributed by atoms with Crippen LogP contribution < -0.4 is 5.46 Å². The van der Waals surface area contributed by atoms with Gasteiger partial charge in [0.25, 0.3) is 0 Å². The van der Waals surface area contributed by atoms with Crippen molar-refractivity contribution in [2.45, 2.75) is 33.6 Å². The van der Waals surface area contributed by atoms with Gasteiger partial charge in [-0.3, -0.25) is 4.68 Å². The van der Waals surface area contributed by atoms with Gasteiger partial charge in [0.05, 0.1) is 0 Å². The van der Waals surface area contributed by atoms with Crippen molar-refractivity contribution >= 4 is 12.7 Å². The van der Waals surface area contributed by atoms with Crippen LogP contribution >= 0.6 is 0 Å². The monoisotopic (exact) mass is 163 g/mol. The molecule has 1 heterocycles. The first-order valence-electron chi connectivity index (χ1n) is 4.58. The third-order valence-corrected chi connectivity index (χ3v) is 2.18. The van der Waals surface area contributed by atoms with E-state index in [0.717, 1.165) is 12.5 Å². The molecule has 0 aliphatic heterocycles. The maximum atomic E-state index is 4.26. The summed E-state index contributed by atoms with van der Waals surface area (Å²) in [5.41, 5.74) is 1.21. The molecule has 3 heteroatoms. The number of rotatable bonds is 4. The van der Waals surface area contributed by atoms with Crippen LogP contribution in [0.25, 0.3) is 0 Å². The molecular weight excluding hydrogens is 147 g/mol. The average Bonchev–Trinajstić information content (AvgIpc) is 2.52. The highest BCUT2D eigenvalue weighted by atomic mass is 15.3. The number of hydrogen-bond donors (Lipinski definition) is 0. The lowest BCUT2D eigenvalue weighted by Gasteiger charge is -2.07. The van der Waals surface area contributed by atoms with Crippen LogP contribution in [-0.4, -0.2) is 17.1 Å². The topological polar surface area (TPSA) is 17.8 Å². The lowest BCUT2D eigenvalue weighted by molar-refractivity contribution is 0.439. The Morgan fingerprint density at radius 1 is 1.67 bits per heavy atom. The van der Waals surface area contributed by atoms with Crippen LogP contribution in [0.2, 0.25) is 6.82 Å². The van der Waals surface area contributed by atoms with Crippen LogP contribution in [0.1, 0.15) is 20.3 Å². The van der Waals surface area contributed by atoms with E-state index in [9.17, 15) is 0 Å². The summed E-state index contributed by atoms with van der Waals surface area (Å²) in [7, 11) is 2.07. The summed E-state index contributed by atoms with van der Waals surface area (Å²) in [6, 6.07) is 0. The van der Waals surface area contributed by atoms with Crippen molar-refractivity contribution < 1.29 is 0 Å². The molecule has 0 amide bonds. The highest BCUT2D eigenvalue weighted by Crippen LogP contribution is 2.02. The molecule has 1 aromatic rings. The molecular formula is C9H16BN2. The molecule has 1 atom stereocenters. The van der Waals surface area contributed by atoms with E-state index in [1.165, 1.54) is 11.9 Å². The van der Waals surface area contributed by atoms with E-state index in [4.69, 9.17) is 0 Å². The first-order valence-corrected chi connectivity index (χ1v) is 4.58. The van der Waals surface area contributed by atoms with Gasteiger partial charge in [-0.2, -0.15) is 5.10 Å². The fraction of sp³-hybridized carbons (Fsp3) is 0.667. The minimum atomic E-state index is 0.717. The largest absolute Gasteiger partial charge is 0.273 e. The summed E-state index contributed by atoms with van der Waals surface area (Å²) in [6.07, 6.45) is 5.21. The third-order valence-electron chi connectivity index (χ3n) is 2.18. The van der Waals surface area contributed by atoms with Crippen molar-refractivity contribution in [2.24, 2.45) is 5.92 Å². The van der Waals surface area contributed by atoms with E-state index in [2.05, 4.69) is 32.4 Å². The Hall–Kier alpha value is -0.725. The first kappa shape index (κ1) is 9.36. The molecule has 65 valence electrons.